The van der Waals surface area contributed by atoms with Crippen molar-refractivity contribution >= 4 is 0 Å². The molecule has 0 fully saturated rings. The smallest absolute Gasteiger partial charge is 0.0629 e. The lowest BCUT2D eigenvalue weighted by atomic mass is 9.89. The molecule has 0 amide bonds. The van der Waals surface area contributed by atoms with Crippen LogP contribution in [-0.2, 0) is 12.0 Å². The summed E-state index contributed by atoms with van der Waals surface area (Å²) < 4.78 is 2.41. The predicted molar refractivity (Wildman–Crippen MR) is 47.0 cm³/mol. The third kappa shape index (κ3) is 0.907. The summed E-state index contributed by atoms with van der Waals surface area (Å²) in [6.07, 6.45) is 0. The van der Waals surface area contributed by atoms with Gasteiger partial charge < -0.3 is 4.57 Å². The first-order valence-electron chi connectivity index (χ1n) is 4.19. The summed E-state index contributed by atoms with van der Waals surface area (Å²) in [6.45, 7) is 10.2. The molecule has 0 aliphatic carbocycles. The van der Waals surface area contributed by atoms with Crippen LogP contribution in [0.5, 0.6) is 0 Å². The lowest BCUT2D eigenvalue weighted by Gasteiger charge is -2.19. The van der Waals surface area contributed by atoms with Crippen molar-refractivity contribution in [2.75, 3.05) is 0 Å². The molecule has 0 spiro atoms. The van der Waals surface area contributed by atoms with E-state index in [9.17, 15) is 0 Å². The molecule has 0 radical (unpaired) electrons. The van der Waals surface area contributed by atoms with Crippen LogP contribution in [0.25, 0.3) is 0 Å². The van der Waals surface area contributed by atoms with Gasteiger partial charge >= 0.3 is 0 Å². The third-order valence-corrected chi connectivity index (χ3v) is 2.30. The van der Waals surface area contributed by atoms with Crippen LogP contribution < -0.4 is 0 Å². The van der Waals surface area contributed by atoms with Gasteiger partial charge in [0.2, 0.25) is 0 Å². The highest BCUT2D eigenvalue weighted by atomic mass is 15.1. The second-order valence-corrected chi connectivity index (χ2v) is 4.50. The Labute approximate surface area is 68.0 Å². The Balaban J connectivity index is 2.54. The van der Waals surface area contributed by atoms with Gasteiger partial charge in [0.15, 0.2) is 0 Å². The highest BCUT2D eigenvalue weighted by molar-refractivity contribution is 5.38. The first-order valence-corrected chi connectivity index (χ1v) is 4.19. The first-order chi connectivity index (χ1) is 5.00. The van der Waals surface area contributed by atoms with Crippen LogP contribution in [0.1, 0.15) is 37.7 Å². The number of rotatable bonds is 0. The lowest BCUT2D eigenvalue weighted by molar-refractivity contribution is 0.554. The van der Waals surface area contributed by atoms with Crippen LogP contribution in [0.2, 0.25) is 0 Å². The molecule has 0 N–H and O–H groups in total. The van der Waals surface area contributed by atoms with Crippen molar-refractivity contribution < 1.29 is 0 Å². The fraction of sp³-hybridized carbons (Fsp3) is 0.600. The van der Waals surface area contributed by atoms with Crippen molar-refractivity contribution in [3.8, 4) is 0 Å². The Bertz CT molecular complexity index is 296. The Morgan fingerprint density at radius 1 is 1.36 bits per heavy atom. The average molecular weight is 149 g/mol. The minimum absolute atomic E-state index is 0.318. The normalized spacial score (nSPS) is 14.9. The molecule has 0 saturated heterocycles. The van der Waals surface area contributed by atoms with Gasteiger partial charge in [-0.05, 0) is 18.6 Å². The van der Waals surface area contributed by atoms with Crippen molar-refractivity contribution in [1.29, 1.82) is 0 Å². The van der Waals surface area contributed by atoms with Gasteiger partial charge in [-0.3, -0.25) is 0 Å². The fourth-order valence-corrected chi connectivity index (χ4v) is 2.00. The molecule has 2 rings (SSSR count). The Morgan fingerprint density at radius 3 is 2.27 bits per heavy atom. The quantitative estimate of drug-likeness (QED) is 0.542. The van der Waals surface area contributed by atoms with E-state index in [1.807, 2.05) is 0 Å². The number of hydrogen-bond donors (Lipinski definition) is 0. The van der Waals surface area contributed by atoms with E-state index < -0.39 is 0 Å². The van der Waals surface area contributed by atoms with E-state index in [1.54, 1.807) is 0 Å². The maximum Gasteiger partial charge on any atom is 0.0629 e. The number of hydrogen-bond acceptors (Lipinski definition) is 0. The Hall–Kier alpha value is -0.720. The Kier molecular flexibility index (Phi) is 1.08. The number of aromatic nitrogens is 1. The van der Waals surface area contributed by atoms with Gasteiger partial charge in [0, 0.05) is 16.8 Å². The molecule has 0 saturated carbocycles. The highest BCUT2D eigenvalue weighted by Gasteiger charge is 2.29. The van der Waals surface area contributed by atoms with Crippen LogP contribution in [0, 0.1) is 6.92 Å². The second-order valence-electron chi connectivity index (χ2n) is 4.50. The first kappa shape index (κ1) is 6.96. The van der Waals surface area contributed by atoms with Crippen molar-refractivity contribution in [2.45, 2.75) is 39.7 Å². The third-order valence-electron chi connectivity index (χ3n) is 2.30. The van der Waals surface area contributed by atoms with E-state index in [4.69, 9.17) is 0 Å². The minimum Gasteiger partial charge on any atom is -0.340 e. The van der Waals surface area contributed by atoms with E-state index in [2.05, 4.69) is 38.3 Å². The number of aryl methyl sites for hydroxylation is 1. The molecule has 11 heavy (non-hydrogen) atoms. The molecular weight excluding hydrogens is 134 g/mol. The van der Waals surface area contributed by atoms with E-state index in [-0.39, 0.29) is 0 Å². The number of fused-ring (bicyclic) bond motifs is 1. The maximum atomic E-state index is 2.41. The molecule has 60 valence electrons. The highest BCUT2D eigenvalue weighted by Crippen LogP contribution is 2.35. The molecule has 0 unspecified atom stereocenters. The molecule has 0 bridgehead atoms. The SMILES string of the molecule is Cc1cc2n(c1C(C)(C)C)C2. The van der Waals surface area contributed by atoms with Crippen molar-refractivity contribution in [3.63, 3.8) is 0 Å². The van der Waals surface area contributed by atoms with E-state index in [0.29, 0.717) is 5.41 Å². The summed E-state index contributed by atoms with van der Waals surface area (Å²) >= 11 is 0. The van der Waals surface area contributed by atoms with Gasteiger partial charge in [-0.25, -0.2) is 0 Å². The zero-order valence-electron chi connectivity index (χ0n) is 7.73. The molecule has 1 nitrogen and oxygen atoms in total. The maximum absolute atomic E-state index is 2.41. The summed E-state index contributed by atoms with van der Waals surface area (Å²) in [5.41, 5.74) is 4.80. The molecule has 1 heteroatoms. The van der Waals surface area contributed by atoms with E-state index >= 15 is 0 Å². The van der Waals surface area contributed by atoms with E-state index in [1.165, 1.54) is 23.5 Å². The van der Waals surface area contributed by atoms with E-state index in [0.717, 1.165) is 0 Å². The van der Waals surface area contributed by atoms with Crippen LogP contribution in [0.3, 0.4) is 0 Å². The molecule has 1 aliphatic heterocycles. The fourth-order valence-electron chi connectivity index (χ4n) is 2.00. The van der Waals surface area contributed by atoms with Gasteiger partial charge in [-0.2, -0.15) is 0 Å². The summed E-state index contributed by atoms with van der Waals surface area (Å²) in [5.74, 6) is 0. The van der Waals surface area contributed by atoms with Crippen LogP contribution in [-0.4, -0.2) is 4.57 Å². The van der Waals surface area contributed by atoms with Gasteiger partial charge in [-0.1, -0.05) is 20.8 Å². The second kappa shape index (κ2) is 1.71. The minimum atomic E-state index is 0.318. The topological polar surface area (TPSA) is 4.93 Å². The summed E-state index contributed by atoms with van der Waals surface area (Å²) in [7, 11) is 0. The van der Waals surface area contributed by atoms with Crippen molar-refractivity contribution in [1.82, 2.24) is 4.57 Å². The van der Waals surface area contributed by atoms with Crippen LogP contribution >= 0.6 is 0 Å². The summed E-state index contributed by atoms with van der Waals surface area (Å²) in [5, 5.41) is 0. The summed E-state index contributed by atoms with van der Waals surface area (Å²) in [6, 6.07) is 2.31. The van der Waals surface area contributed by atoms with Gasteiger partial charge in [0.1, 0.15) is 0 Å². The molecule has 0 atom stereocenters. The molecule has 1 aromatic heterocycles. The molecular formula is C10H15N. The largest absolute Gasteiger partial charge is 0.340 e. The van der Waals surface area contributed by atoms with Crippen molar-refractivity contribution in [2.24, 2.45) is 0 Å². The van der Waals surface area contributed by atoms with Crippen LogP contribution in [0.15, 0.2) is 6.07 Å². The molecule has 2 heterocycles. The monoisotopic (exact) mass is 149 g/mol. The number of nitrogens with zero attached hydrogens (tertiary/aromatic N) is 1. The lowest BCUT2D eigenvalue weighted by Crippen LogP contribution is -2.14. The summed E-state index contributed by atoms with van der Waals surface area (Å²) in [4.78, 5) is 0. The molecule has 1 aromatic rings. The standard InChI is InChI=1S/C10H15N/c1-7-5-8-6-11(8)9(7)10(2,3)4/h5H,6H2,1-4H3. The zero-order chi connectivity index (χ0) is 8.22. The van der Waals surface area contributed by atoms with Crippen molar-refractivity contribution in [3.05, 3.63) is 23.0 Å². The molecule has 0 aromatic carbocycles. The van der Waals surface area contributed by atoms with Gasteiger partial charge in [-0.15, -0.1) is 0 Å². The van der Waals surface area contributed by atoms with Crippen LogP contribution in [0.4, 0.5) is 0 Å². The Morgan fingerprint density at radius 2 is 2.00 bits per heavy atom. The average Bonchev–Trinajstić information content (AvgIpc) is 2.38. The molecule has 1 aliphatic rings. The van der Waals surface area contributed by atoms with Gasteiger partial charge in [0.05, 0.1) is 6.54 Å². The zero-order valence-corrected chi connectivity index (χ0v) is 7.73. The van der Waals surface area contributed by atoms with Gasteiger partial charge in [0.25, 0.3) is 0 Å². The predicted octanol–water partition coefficient (Wildman–Crippen LogP) is 2.46.